The summed E-state index contributed by atoms with van der Waals surface area (Å²) in [5, 5.41) is 12.4. The van der Waals surface area contributed by atoms with E-state index in [0.717, 1.165) is 4.90 Å². The SMILES string of the molecule is CCN1C(=O)C(Cl)=C(N=[N+]=[N-])C1O. The Bertz CT molecular complexity index is 321. The van der Waals surface area contributed by atoms with Crippen LogP contribution in [0.4, 0.5) is 0 Å². The van der Waals surface area contributed by atoms with Crippen molar-refractivity contribution in [2.75, 3.05) is 6.54 Å². The number of hydrogen-bond acceptors (Lipinski definition) is 3. The summed E-state index contributed by atoms with van der Waals surface area (Å²) in [5.74, 6) is -0.515. The van der Waals surface area contributed by atoms with Gasteiger partial charge in [0.05, 0.1) is 5.70 Å². The predicted octanol–water partition coefficient (Wildman–Crippen LogP) is 0.928. The Morgan fingerprint density at radius 1 is 1.85 bits per heavy atom. The van der Waals surface area contributed by atoms with Gasteiger partial charge in [0.2, 0.25) is 0 Å². The van der Waals surface area contributed by atoms with Crippen LogP contribution in [0.3, 0.4) is 0 Å². The first kappa shape index (κ1) is 9.85. The van der Waals surface area contributed by atoms with E-state index in [1.54, 1.807) is 6.92 Å². The van der Waals surface area contributed by atoms with E-state index in [9.17, 15) is 9.90 Å². The number of amides is 1. The fourth-order valence-corrected chi connectivity index (χ4v) is 1.31. The molecule has 0 aliphatic carbocycles. The van der Waals surface area contributed by atoms with Gasteiger partial charge in [-0.25, -0.2) is 0 Å². The van der Waals surface area contributed by atoms with Crippen LogP contribution in [0.25, 0.3) is 10.4 Å². The normalized spacial score (nSPS) is 22.2. The van der Waals surface area contributed by atoms with Crippen LogP contribution >= 0.6 is 11.6 Å². The molecule has 0 saturated carbocycles. The van der Waals surface area contributed by atoms with Crippen molar-refractivity contribution < 1.29 is 9.90 Å². The monoisotopic (exact) mass is 202 g/mol. The largest absolute Gasteiger partial charge is 0.369 e. The van der Waals surface area contributed by atoms with Crippen LogP contribution in [0, 0.1) is 0 Å². The Kier molecular flexibility index (Phi) is 2.77. The molecule has 0 aromatic rings. The lowest BCUT2D eigenvalue weighted by atomic mass is 10.4. The van der Waals surface area contributed by atoms with Gasteiger partial charge in [-0.05, 0) is 12.5 Å². The van der Waals surface area contributed by atoms with E-state index in [1.807, 2.05) is 0 Å². The molecule has 1 N–H and O–H groups in total. The zero-order chi connectivity index (χ0) is 10.0. The number of hydrogen-bond donors (Lipinski definition) is 1. The Morgan fingerprint density at radius 2 is 2.46 bits per heavy atom. The number of nitrogens with zero attached hydrogens (tertiary/aromatic N) is 4. The highest BCUT2D eigenvalue weighted by atomic mass is 35.5. The van der Waals surface area contributed by atoms with Gasteiger partial charge in [-0.1, -0.05) is 16.7 Å². The number of rotatable bonds is 2. The van der Waals surface area contributed by atoms with E-state index in [-0.39, 0.29) is 10.7 Å². The first-order valence-corrected chi connectivity index (χ1v) is 3.95. The Hall–Kier alpha value is -1.23. The topological polar surface area (TPSA) is 89.3 Å². The van der Waals surface area contributed by atoms with Gasteiger partial charge < -0.3 is 10.0 Å². The number of halogens is 1. The molecule has 0 radical (unpaired) electrons. The van der Waals surface area contributed by atoms with Crippen LogP contribution < -0.4 is 0 Å². The second-order valence-electron chi connectivity index (χ2n) is 2.35. The second-order valence-corrected chi connectivity index (χ2v) is 2.73. The average Bonchev–Trinajstić information content (AvgIpc) is 2.31. The van der Waals surface area contributed by atoms with Crippen molar-refractivity contribution in [1.29, 1.82) is 0 Å². The van der Waals surface area contributed by atoms with Crippen LogP contribution in [-0.2, 0) is 4.79 Å². The van der Waals surface area contributed by atoms with Crippen LogP contribution in [-0.4, -0.2) is 28.7 Å². The number of carbonyl (C=O) groups is 1. The molecule has 13 heavy (non-hydrogen) atoms. The summed E-state index contributed by atoms with van der Waals surface area (Å²) in [7, 11) is 0. The molecule has 0 bridgehead atoms. The van der Waals surface area contributed by atoms with Gasteiger partial charge in [-0.15, -0.1) is 0 Å². The lowest BCUT2D eigenvalue weighted by molar-refractivity contribution is -0.130. The second kappa shape index (κ2) is 3.66. The van der Waals surface area contributed by atoms with E-state index >= 15 is 0 Å². The van der Waals surface area contributed by atoms with Crippen molar-refractivity contribution in [3.63, 3.8) is 0 Å². The van der Waals surface area contributed by atoms with E-state index < -0.39 is 12.1 Å². The Labute approximate surface area is 79.0 Å². The Morgan fingerprint density at radius 3 is 2.85 bits per heavy atom. The number of carbonyl (C=O) groups excluding carboxylic acids is 1. The molecule has 1 atom stereocenters. The highest BCUT2D eigenvalue weighted by Gasteiger charge is 2.35. The van der Waals surface area contributed by atoms with Crippen LogP contribution in [0.5, 0.6) is 0 Å². The fourth-order valence-electron chi connectivity index (χ4n) is 1.07. The number of azide groups is 1. The molecular weight excluding hydrogens is 196 g/mol. The summed E-state index contributed by atoms with van der Waals surface area (Å²) in [5.41, 5.74) is 8.00. The van der Waals surface area contributed by atoms with Gasteiger partial charge in [0.1, 0.15) is 5.03 Å². The molecule has 1 aliphatic rings. The molecule has 0 aromatic carbocycles. The molecule has 0 spiro atoms. The maximum absolute atomic E-state index is 11.2. The van der Waals surface area contributed by atoms with E-state index in [2.05, 4.69) is 10.0 Å². The predicted molar refractivity (Wildman–Crippen MR) is 45.4 cm³/mol. The summed E-state index contributed by atoms with van der Waals surface area (Å²) in [4.78, 5) is 14.8. The number of aliphatic hydroxyl groups is 1. The summed E-state index contributed by atoms with van der Waals surface area (Å²) < 4.78 is 0. The lowest BCUT2D eigenvalue weighted by Crippen LogP contribution is -2.34. The summed E-state index contributed by atoms with van der Waals surface area (Å²) in [6, 6.07) is 0. The summed E-state index contributed by atoms with van der Waals surface area (Å²) in [6.45, 7) is 1.99. The molecule has 6 nitrogen and oxygen atoms in total. The molecule has 0 aromatic heterocycles. The third kappa shape index (κ3) is 1.47. The van der Waals surface area contributed by atoms with Gasteiger partial charge in [0.15, 0.2) is 6.23 Å². The minimum absolute atomic E-state index is 0.129. The summed E-state index contributed by atoms with van der Waals surface area (Å²) in [6.07, 6.45) is -1.22. The molecule has 1 amide bonds. The van der Waals surface area contributed by atoms with Crippen molar-refractivity contribution in [2.45, 2.75) is 13.2 Å². The van der Waals surface area contributed by atoms with Crippen molar-refractivity contribution >= 4 is 17.5 Å². The van der Waals surface area contributed by atoms with Gasteiger partial charge in [0.25, 0.3) is 5.91 Å². The van der Waals surface area contributed by atoms with Gasteiger partial charge in [-0.2, -0.15) is 0 Å². The van der Waals surface area contributed by atoms with Gasteiger partial charge >= 0.3 is 0 Å². The third-order valence-corrected chi connectivity index (χ3v) is 2.06. The van der Waals surface area contributed by atoms with E-state index in [0.29, 0.717) is 6.54 Å². The third-order valence-electron chi connectivity index (χ3n) is 1.71. The van der Waals surface area contributed by atoms with Crippen molar-refractivity contribution in [3.05, 3.63) is 21.2 Å². The molecule has 1 rings (SSSR count). The van der Waals surface area contributed by atoms with Crippen molar-refractivity contribution in [2.24, 2.45) is 5.11 Å². The highest BCUT2D eigenvalue weighted by molar-refractivity contribution is 6.43. The minimum atomic E-state index is -1.22. The van der Waals surface area contributed by atoms with Crippen LogP contribution in [0.1, 0.15) is 6.92 Å². The molecule has 7 heteroatoms. The molecule has 1 heterocycles. The van der Waals surface area contributed by atoms with Gasteiger partial charge in [-0.3, -0.25) is 4.79 Å². The lowest BCUT2D eigenvalue weighted by Gasteiger charge is -2.18. The van der Waals surface area contributed by atoms with Crippen molar-refractivity contribution in [1.82, 2.24) is 4.90 Å². The Balaban J connectivity index is 3.07. The van der Waals surface area contributed by atoms with Crippen molar-refractivity contribution in [3.8, 4) is 0 Å². The highest BCUT2D eigenvalue weighted by Crippen LogP contribution is 2.27. The molecular formula is C6H7ClN4O2. The molecule has 0 saturated heterocycles. The maximum atomic E-state index is 11.2. The van der Waals surface area contributed by atoms with E-state index in [4.69, 9.17) is 17.1 Å². The number of likely N-dealkylation sites (N-methyl/N-ethyl adjacent to an activating group) is 1. The quantitative estimate of drug-likeness (QED) is 0.410. The average molecular weight is 203 g/mol. The van der Waals surface area contributed by atoms with E-state index in [1.165, 1.54) is 0 Å². The zero-order valence-electron chi connectivity index (χ0n) is 6.81. The van der Waals surface area contributed by atoms with Gasteiger partial charge in [0, 0.05) is 11.5 Å². The van der Waals surface area contributed by atoms with Crippen LogP contribution in [0.15, 0.2) is 15.8 Å². The van der Waals surface area contributed by atoms with Crippen LogP contribution in [0.2, 0.25) is 0 Å². The zero-order valence-corrected chi connectivity index (χ0v) is 7.56. The minimum Gasteiger partial charge on any atom is -0.369 e. The molecule has 1 aliphatic heterocycles. The first-order chi connectivity index (χ1) is 6.13. The maximum Gasteiger partial charge on any atom is 0.267 e. The molecule has 70 valence electrons. The smallest absolute Gasteiger partial charge is 0.267 e. The first-order valence-electron chi connectivity index (χ1n) is 3.57. The number of aliphatic hydroxyl groups excluding tert-OH is 1. The summed E-state index contributed by atoms with van der Waals surface area (Å²) >= 11 is 5.54. The molecule has 0 fully saturated rings. The standard InChI is InChI=1S/C6H7ClN4O2/c1-2-11-5(12)3(7)4(6(11)13)9-10-8/h6,13H,2H2,1H3. The molecule has 1 unspecified atom stereocenters. The fraction of sp³-hybridized carbons (Fsp3) is 0.500.